The van der Waals surface area contributed by atoms with E-state index in [4.69, 9.17) is 0 Å². The van der Waals surface area contributed by atoms with Gasteiger partial charge in [-0.3, -0.25) is 14.6 Å². The number of aryl methyl sites for hydroxylation is 1. The molecule has 40 heavy (non-hydrogen) atoms. The molecule has 0 bridgehead atoms. The molecule has 2 fully saturated rings. The number of alkyl halides is 3. The van der Waals surface area contributed by atoms with E-state index < -0.39 is 40.9 Å². The van der Waals surface area contributed by atoms with Crippen molar-refractivity contribution in [1.29, 1.82) is 0 Å². The molecule has 3 heterocycles. The second-order valence-electron chi connectivity index (χ2n) is 10.8. The number of aromatic nitrogens is 1. The van der Waals surface area contributed by atoms with Crippen LogP contribution in [0, 0.1) is 5.92 Å². The highest BCUT2D eigenvalue weighted by Gasteiger charge is 2.44. The van der Waals surface area contributed by atoms with Crippen LogP contribution in [0.3, 0.4) is 0 Å². The van der Waals surface area contributed by atoms with Crippen LogP contribution in [-0.2, 0) is 23.0 Å². The minimum Gasteiger partial charge on any atom is -0.396 e. The molecule has 218 valence electrons. The molecule has 7 nitrogen and oxygen atoms in total. The first-order valence-electron chi connectivity index (χ1n) is 14.1. The molecule has 1 aromatic heterocycles. The lowest BCUT2D eigenvalue weighted by atomic mass is 9.80. The first-order valence-corrected chi connectivity index (χ1v) is 14.1. The normalized spacial score (nSPS) is 21.4. The number of halogens is 3. The van der Waals surface area contributed by atoms with Crippen molar-refractivity contribution in [2.45, 2.75) is 76.1 Å². The number of likely N-dealkylation sites (tertiary alicyclic amines) is 2. The zero-order valence-electron chi connectivity index (χ0n) is 22.9. The van der Waals surface area contributed by atoms with Crippen LogP contribution < -0.4 is 0 Å². The van der Waals surface area contributed by atoms with E-state index in [1.54, 1.807) is 4.90 Å². The van der Waals surface area contributed by atoms with Crippen molar-refractivity contribution in [2.24, 2.45) is 5.92 Å². The summed E-state index contributed by atoms with van der Waals surface area (Å²) in [6.45, 7) is 2.94. The lowest BCUT2D eigenvalue weighted by Gasteiger charge is -2.45. The Kier molecular flexibility index (Phi) is 9.51. The quantitative estimate of drug-likeness (QED) is 0.493. The summed E-state index contributed by atoms with van der Waals surface area (Å²) in [6, 6.07) is 9.13. The average molecular weight is 562 g/mol. The van der Waals surface area contributed by atoms with Crippen molar-refractivity contribution in [1.82, 2.24) is 14.8 Å². The van der Waals surface area contributed by atoms with Crippen molar-refractivity contribution >= 4 is 11.8 Å². The fraction of sp³-hybridized carbons (Fsp3) is 0.567. The number of hydrogen-bond acceptors (Lipinski definition) is 5. The van der Waals surface area contributed by atoms with E-state index in [1.165, 1.54) is 11.1 Å². The molecule has 10 heteroatoms. The molecule has 0 spiro atoms. The van der Waals surface area contributed by atoms with Crippen LogP contribution in [0.4, 0.5) is 13.2 Å². The maximum absolute atomic E-state index is 13.8. The van der Waals surface area contributed by atoms with Gasteiger partial charge in [0.05, 0.1) is 17.1 Å². The van der Waals surface area contributed by atoms with Gasteiger partial charge in [-0.05, 0) is 68.2 Å². The Balaban J connectivity index is 1.51. The van der Waals surface area contributed by atoms with Crippen LogP contribution in [0.2, 0.25) is 0 Å². The number of piperidine rings is 2. The van der Waals surface area contributed by atoms with E-state index >= 15 is 0 Å². The Morgan fingerprint density at radius 1 is 1.10 bits per heavy atom. The number of benzene rings is 1. The van der Waals surface area contributed by atoms with E-state index in [0.717, 1.165) is 23.3 Å². The summed E-state index contributed by atoms with van der Waals surface area (Å²) in [6.07, 6.45) is 0.622. The van der Waals surface area contributed by atoms with Crippen LogP contribution in [0.25, 0.3) is 0 Å². The van der Waals surface area contributed by atoms with E-state index in [-0.39, 0.29) is 19.1 Å². The summed E-state index contributed by atoms with van der Waals surface area (Å²) in [5.74, 6) is -1.45. The fourth-order valence-corrected chi connectivity index (χ4v) is 6.25. The highest BCUT2D eigenvalue weighted by atomic mass is 19.4. The van der Waals surface area contributed by atoms with E-state index in [2.05, 4.69) is 4.98 Å². The molecule has 0 saturated carbocycles. The zero-order valence-corrected chi connectivity index (χ0v) is 22.9. The maximum atomic E-state index is 13.8. The Bertz CT molecular complexity index is 1180. The van der Waals surface area contributed by atoms with Gasteiger partial charge < -0.3 is 20.0 Å². The number of hydrogen-bond donors (Lipinski definition) is 2. The third-order valence-corrected chi connectivity index (χ3v) is 8.28. The molecule has 2 unspecified atom stereocenters. The van der Waals surface area contributed by atoms with Crippen LogP contribution in [0.1, 0.15) is 79.0 Å². The smallest absolute Gasteiger partial charge is 0.396 e. The average Bonchev–Trinajstić information content (AvgIpc) is 2.95. The topological polar surface area (TPSA) is 94.0 Å². The standard InChI is InChI=1S/C30H38F3N3O4/c1-2-8-25-22(11-6-17-36(25)28(39)26-24(30(31,32)33)13-5-16-34-26)27(38)35-18-14-29(40,15-19-35)23-12-4-3-9-21(23)10-7-20-37/h3-5,9,12-13,16,22,25,37,40H,2,6-8,10-11,14-15,17-20H2,1H3. The van der Waals surface area contributed by atoms with Crippen LogP contribution in [-0.4, -0.2) is 69.1 Å². The summed E-state index contributed by atoms with van der Waals surface area (Å²) in [5, 5.41) is 20.8. The van der Waals surface area contributed by atoms with Crippen molar-refractivity contribution in [3.05, 3.63) is 65.0 Å². The minimum absolute atomic E-state index is 0.0622. The summed E-state index contributed by atoms with van der Waals surface area (Å²) >= 11 is 0. The first-order chi connectivity index (χ1) is 19.1. The molecule has 0 aliphatic carbocycles. The summed E-state index contributed by atoms with van der Waals surface area (Å²) in [5.41, 5.74) is -0.987. The molecule has 2 amide bonds. The largest absolute Gasteiger partial charge is 0.418 e. The summed E-state index contributed by atoms with van der Waals surface area (Å²) in [4.78, 5) is 34.2. The molecule has 2 aromatic rings. The van der Waals surface area contributed by atoms with Gasteiger partial charge in [-0.2, -0.15) is 13.2 Å². The lowest BCUT2D eigenvalue weighted by Crippen LogP contribution is -2.55. The third-order valence-electron chi connectivity index (χ3n) is 8.28. The maximum Gasteiger partial charge on any atom is 0.418 e. The van der Waals surface area contributed by atoms with E-state index in [9.17, 15) is 33.0 Å². The zero-order chi connectivity index (χ0) is 28.9. The van der Waals surface area contributed by atoms with Gasteiger partial charge in [0, 0.05) is 38.5 Å². The lowest BCUT2D eigenvalue weighted by molar-refractivity contribution is -0.144. The molecule has 2 aliphatic heterocycles. The van der Waals surface area contributed by atoms with Crippen LogP contribution in [0.15, 0.2) is 42.6 Å². The number of carbonyl (C=O) groups is 2. The summed E-state index contributed by atoms with van der Waals surface area (Å²) in [7, 11) is 0. The number of aliphatic hydroxyl groups is 2. The minimum atomic E-state index is -4.72. The Labute approximate surface area is 233 Å². The van der Waals surface area contributed by atoms with E-state index in [1.807, 2.05) is 31.2 Å². The molecule has 2 aliphatic rings. The van der Waals surface area contributed by atoms with Crippen molar-refractivity contribution in [3.8, 4) is 0 Å². The van der Waals surface area contributed by atoms with Crippen molar-refractivity contribution in [3.63, 3.8) is 0 Å². The van der Waals surface area contributed by atoms with Gasteiger partial charge in [-0.15, -0.1) is 0 Å². The van der Waals surface area contributed by atoms with Crippen LogP contribution >= 0.6 is 0 Å². The Morgan fingerprint density at radius 2 is 1.82 bits per heavy atom. The molecule has 2 N–H and O–H groups in total. The van der Waals surface area contributed by atoms with Gasteiger partial charge in [0.25, 0.3) is 5.91 Å². The number of rotatable bonds is 8. The number of pyridine rings is 1. The molecular formula is C30H38F3N3O4. The number of amides is 2. The van der Waals surface area contributed by atoms with Crippen molar-refractivity contribution < 1.29 is 33.0 Å². The predicted molar refractivity (Wildman–Crippen MR) is 143 cm³/mol. The predicted octanol–water partition coefficient (Wildman–Crippen LogP) is 4.56. The van der Waals surface area contributed by atoms with Gasteiger partial charge in [0.1, 0.15) is 5.69 Å². The second kappa shape index (κ2) is 12.7. The SMILES string of the molecule is CCCC1C(C(=O)N2CCC(O)(c3ccccc3CCCO)CC2)CCCN1C(=O)c1ncccc1C(F)(F)F. The van der Waals surface area contributed by atoms with Gasteiger partial charge >= 0.3 is 6.18 Å². The Hall–Kier alpha value is -2.98. The molecule has 2 saturated heterocycles. The molecular weight excluding hydrogens is 523 g/mol. The van der Waals surface area contributed by atoms with Gasteiger partial charge in [-0.1, -0.05) is 37.6 Å². The highest BCUT2D eigenvalue weighted by molar-refractivity contribution is 5.95. The monoisotopic (exact) mass is 561 g/mol. The molecule has 1 aromatic carbocycles. The van der Waals surface area contributed by atoms with E-state index in [0.29, 0.717) is 64.5 Å². The van der Waals surface area contributed by atoms with Gasteiger partial charge in [0.2, 0.25) is 5.91 Å². The van der Waals surface area contributed by atoms with Gasteiger partial charge in [-0.25, -0.2) is 0 Å². The first kappa shape index (κ1) is 30.0. The highest BCUT2D eigenvalue weighted by Crippen LogP contribution is 2.38. The molecule has 0 radical (unpaired) electrons. The van der Waals surface area contributed by atoms with Crippen molar-refractivity contribution in [2.75, 3.05) is 26.2 Å². The second-order valence-corrected chi connectivity index (χ2v) is 10.8. The Morgan fingerprint density at radius 3 is 2.50 bits per heavy atom. The number of nitrogens with zero attached hydrogens (tertiary/aromatic N) is 3. The molecule has 2 atom stereocenters. The number of carbonyl (C=O) groups excluding carboxylic acids is 2. The van der Waals surface area contributed by atoms with Crippen LogP contribution in [0.5, 0.6) is 0 Å². The summed E-state index contributed by atoms with van der Waals surface area (Å²) < 4.78 is 40.9. The fourth-order valence-electron chi connectivity index (χ4n) is 6.25. The van der Waals surface area contributed by atoms with Gasteiger partial charge in [0.15, 0.2) is 0 Å². The molecule has 4 rings (SSSR count). The third kappa shape index (κ3) is 6.33. The number of aliphatic hydroxyl groups excluding tert-OH is 1.